The molecular weight excluding hydrogens is 412 g/mol. The van der Waals surface area contributed by atoms with Crippen LogP contribution in [-0.2, 0) is 14.3 Å². The van der Waals surface area contributed by atoms with Crippen molar-refractivity contribution in [2.24, 2.45) is 5.92 Å². The lowest BCUT2D eigenvalue weighted by atomic mass is 9.98. The second-order valence-electron chi connectivity index (χ2n) is 8.19. The number of aliphatic hydroxyl groups excluding tert-OH is 1. The van der Waals surface area contributed by atoms with Crippen molar-refractivity contribution >= 4 is 18.0 Å². The third kappa shape index (κ3) is 5.45. The van der Waals surface area contributed by atoms with E-state index in [4.69, 9.17) is 9.84 Å². The first-order valence-corrected chi connectivity index (χ1v) is 10.6. The Hall–Kier alpha value is -3.39. The van der Waals surface area contributed by atoms with Gasteiger partial charge in [-0.05, 0) is 28.2 Å². The number of aliphatic carboxylic acids is 1. The number of ether oxygens (including phenoxy) is 1. The van der Waals surface area contributed by atoms with E-state index in [-0.39, 0.29) is 25.0 Å². The fraction of sp³-hybridized carbons (Fsp3) is 0.375. The first kappa shape index (κ1) is 23.3. The Morgan fingerprint density at radius 1 is 1.00 bits per heavy atom. The number of carboxylic acids is 1. The maximum atomic E-state index is 12.5. The van der Waals surface area contributed by atoms with E-state index in [0.717, 1.165) is 22.3 Å². The van der Waals surface area contributed by atoms with Gasteiger partial charge in [0.05, 0.1) is 12.5 Å². The van der Waals surface area contributed by atoms with Crippen molar-refractivity contribution in [3.63, 3.8) is 0 Å². The lowest BCUT2D eigenvalue weighted by Crippen LogP contribution is -2.51. The summed E-state index contributed by atoms with van der Waals surface area (Å²) in [7, 11) is 0. The number of carboxylic acid groups (broad SMARTS) is 1. The molecule has 0 bridgehead atoms. The Kier molecular flexibility index (Phi) is 7.48. The summed E-state index contributed by atoms with van der Waals surface area (Å²) in [4.78, 5) is 35.6. The summed E-state index contributed by atoms with van der Waals surface area (Å²) in [6, 6.07) is 15.1. The number of rotatable bonds is 9. The standard InChI is InChI=1S/C24H28N2O6/c1-14(2)22(23(30)25-12-15(27)11-21(28)29)26-24(31)32-13-20-18-9-5-3-7-16(18)17-8-4-6-10-19(17)20/h3-10,14-15,20,22,27H,11-13H2,1-2H3,(H,25,30)(H,26,31)(H,28,29). The van der Waals surface area contributed by atoms with Crippen LogP contribution in [0, 0.1) is 5.92 Å². The highest BCUT2D eigenvalue weighted by atomic mass is 16.5. The van der Waals surface area contributed by atoms with Crippen LogP contribution in [0.5, 0.6) is 0 Å². The van der Waals surface area contributed by atoms with Gasteiger partial charge in [-0.15, -0.1) is 0 Å². The van der Waals surface area contributed by atoms with Crippen LogP contribution >= 0.6 is 0 Å². The zero-order valence-electron chi connectivity index (χ0n) is 18.1. The number of hydrogen-bond donors (Lipinski definition) is 4. The van der Waals surface area contributed by atoms with E-state index in [2.05, 4.69) is 10.6 Å². The molecule has 2 unspecified atom stereocenters. The molecule has 0 radical (unpaired) electrons. The average molecular weight is 440 g/mol. The van der Waals surface area contributed by atoms with Crippen molar-refractivity contribution in [3.05, 3.63) is 59.7 Å². The molecule has 2 amide bonds. The predicted molar refractivity (Wildman–Crippen MR) is 118 cm³/mol. The van der Waals surface area contributed by atoms with Gasteiger partial charge in [-0.2, -0.15) is 0 Å². The van der Waals surface area contributed by atoms with Crippen LogP contribution < -0.4 is 10.6 Å². The topological polar surface area (TPSA) is 125 Å². The van der Waals surface area contributed by atoms with Gasteiger partial charge < -0.3 is 25.6 Å². The molecule has 2 atom stereocenters. The van der Waals surface area contributed by atoms with Gasteiger partial charge in [0.2, 0.25) is 5.91 Å². The summed E-state index contributed by atoms with van der Waals surface area (Å²) in [5, 5.41) is 23.4. The van der Waals surface area contributed by atoms with Gasteiger partial charge in [-0.25, -0.2) is 4.79 Å². The molecule has 0 fully saturated rings. The van der Waals surface area contributed by atoms with Gasteiger partial charge in [0.1, 0.15) is 12.6 Å². The lowest BCUT2D eigenvalue weighted by molar-refractivity contribution is -0.139. The highest BCUT2D eigenvalue weighted by Gasteiger charge is 2.30. The monoisotopic (exact) mass is 440 g/mol. The Balaban J connectivity index is 1.59. The van der Waals surface area contributed by atoms with E-state index >= 15 is 0 Å². The van der Waals surface area contributed by atoms with Gasteiger partial charge in [-0.3, -0.25) is 9.59 Å². The quantitative estimate of drug-likeness (QED) is 0.475. The molecule has 8 nitrogen and oxygen atoms in total. The Morgan fingerprint density at radius 3 is 2.09 bits per heavy atom. The number of amides is 2. The lowest BCUT2D eigenvalue weighted by Gasteiger charge is -2.23. The molecule has 8 heteroatoms. The van der Waals surface area contributed by atoms with Gasteiger partial charge in [0.15, 0.2) is 0 Å². The van der Waals surface area contributed by atoms with Crippen molar-refractivity contribution in [2.45, 2.75) is 38.3 Å². The van der Waals surface area contributed by atoms with E-state index in [0.29, 0.717) is 0 Å². The van der Waals surface area contributed by atoms with Gasteiger partial charge in [0, 0.05) is 12.5 Å². The second kappa shape index (κ2) is 10.3. The summed E-state index contributed by atoms with van der Waals surface area (Å²) in [5.41, 5.74) is 4.42. The van der Waals surface area contributed by atoms with Crippen LogP contribution in [0.1, 0.15) is 37.3 Å². The smallest absolute Gasteiger partial charge is 0.407 e. The third-order valence-electron chi connectivity index (χ3n) is 5.49. The van der Waals surface area contributed by atoms with Crippen LogP contribution in [0.3, 0.4) is 0 Å². The maximum Gasteiger partial charge on any atom is 0.407 e. The summed E-state index contributed by atoms with van der Waals surface area (Å²) in [6.07, 6.45) is -2.41. The number of fused-ring (bicyclic) bond motifs is 3. The second-order valence-corrected chi connectivity index (χ2v) is 8.19. The van der Waals surface area contributed by atoms with Crippen LogP contribution in [0.25, 0.3) is 11.1 Å². The molecule has 2 aromatic rings. The molecule has 0 heterocycles. The summed E-state index contributed by atoms with van der Waals surface area (Å²) >= 11 is 0. The van der Waals surface area contributed by atoms with Crippen molar-refractivity contribution in [3.8, 4) is 11.1 Å². The highest BCUT2D eigenvalue weighted by Crippen LogP contribution is 2.44. The Labute approximate surface area is 186 Å². The third-order valence-corrected chi connectivity index (χ3v) is 5.49. The minimum atomic E-state index is -1.21. The largest absolute Gasteiger partial charge is 0.481 e. The first-order chi connectivity index (χ1) is 15.3. The van der Waals surface area contributed by atoms with Crippen LogP contribution in [0.4, 0.5) is 4.79 Å². The molecule has 32 heavy (non-hydrogen) atoms. The molecule has 0 spiro atoms. The number of carbonyl (C=O) groups excluding carboxylic acids is 2. The SMILES string of the molecule is CC(C)C(NC(=O)OCC1c2ccccc2-c2ccccc21)C(=O)NCC(O)CC(=O)O. The van der Waals surface area contributed by atoms with Crippen molar-refractivity contribution in [1.82, 2.24) is 10.6 Å². The van der Waals surface area contributed by atoms with Gasteiger partial charge >= 0.3 is 12.1 Å². The van der Waals surface area contributed by atoms with E-state index in [1.807, 2.05) is 48.5 Å². The number of hydrogen-bond acceptors (Lipinski definition) is 5. The number of aliphatic hydroxyl groups is 1. The number of benzene rings is 2. The fourth-order valence-electron chi connectivity index (χ4n) is 3.90. The molecule has 3 rings (SSSR count). The highest BCUT2D eigenvalue weighted by molar-refractivity contribution is 5.86. The van der Waals surface area contributed by atoms with Crippen molar-refractivity contribution in [1.29, 1.82) is 0 Å². The summed E-state index contributed by atoms with van der Waals surface area (Å²) in [5.74, 6) is -2.01. The molecule has 0 saturated heterocycles. The molecule has 1 aliphatic carbocycles. The summed E-state index contributed by atoms with van der Waals surface area (Å²) in [6.45, 7) is 3.44. The minimum absolute atomic E-state index is 0.0920. The molecule has 4 N–H and O–H groups in total. The maximum absolute atomic E-state index is 12.5. The van der Waals surface area contributed by atoms with E-state index in [1.165, 1.54) is 0 Å². The van der Waals surface area contributed by atoms with Crippen molar-refractivity contribution in [2.75, 3.05) is 13.2 Å². The van der Waals surface area contributed by atoms with Crippen LogP contribution in [-0.4, -0.2) is 53.5 Å². The molecule has 0 aromatic heterocycles. The normalized spacial score (nSPS) is 14.2. The molecule has 1 aliphatic rings. The molecule has 2 aromatic carbocycles. The number of alkyl carbamates (subject to hydrolysis) is 1. The zero-order valence-corrected chi connectivity index (χ0v) is 18.1. The Morgan fingerprint density at radius 2 is 1.56 bits per heavy atom. The molecule has 0 aliphatic heterocycles. The predicted octanol–water partition coefficient (Wildman–Crippen LogP) is 2.50. The number of nitrogens with one attached hydrogen (secondary N) is 2. The minimum Gasteiger partial charge on any atom is -0.481 e. The molecule has 170 valence electrons. The average Bonchev–Trinajstić information content (AvgIpc) is 3.07. The molecule has 0 saturated carbocycles. The van der Waals surface area contributed by atoms with Gasteiger partial charge in [-0.1, -0.05) is 62.4 Å². The van der Waals surface area contributed by atoms with E-state index < -0.39 is 36.5 Å². The Bertz CT molecular complexity index is 944. The van der Waals surface area contributed by atoms with Crippen LogP contribution in [0.2, 0.25) is 0 Å². The first-order valence-electron chi connectivity index (χ1n) is 10.6. The van der Waals surface area contributed by atoms with Crippen molar-refractivity contribution < 1.29 is 29.3 Å². The molecular formula is C24H28N2O6. The van der Waals surface area contributed by atoms with Crippen LogP contribution in [0.15, 0.2) is 48.5 Å². The zero-order chi connectivity index (χ0) is 23.3. The number of carbonyl (C=O) groups is 3. The van der Waals surface area contributed by atoms with Gasteiger partial charge in [0.25, 0.3) is 0 Å². The van der Waals surface area contributed by atoms with E-state index in [1.54, 1.807) is 13.8 Å². The van der Waals surface area contributed by atoms with E-state index in [9.17, 15) is 19.5 Å². The summed E-state index contributed by atoms with van der Waals surface area (Å²) < 4.78 is 5.49. The fourth-order valence-corrected chi connectivity index (χ4v) is 3.90.